The van der Waals surface area contributed by atoms with Crippen molar-refractivity contribution in [1.82, 2.24) is 35.0 Å². The average Bonchev–Trinajstić information content (AvgIpc) is 3.76. The van der Waals surface area contributed by atoms with Gasteiger partial charge in [0.1, 0.15) is 11.7 Å². The molecule has 38 heavy (non-hydrogen) atoms. The van der Waals surface area contributed by atoms with Crippen LogP contribution in [0.4, 0.5) is 13.2 Å². The lowest BCUT2D eigenvalue weighted by Crippen LogP contribution is -2.38. The highest BCUT2D eigenvalue weighted by molar-refractivity contribution is 5.92. The molecule has 0 bridgehead atoms. The van der Waals surface area contributed by atoms with Crippen molar-refractivity contribution in [3.8, 4) is 0 Å². The first-order chi connectivity index (χ1) is 18.2. The van der Waals surface area contributed by atoms with Crippen molar-refractivity contribution < 1.29 is 22.8 Å². The molecular weight excluding hydrogens is 499 g/mol. The number of halogens is 3. The van der Waals surface area contributed by atoms with Gasteiger partial charge in [-0.25, -0.2) is 9.50 Å². The Labute approximate surface area is 217 Å². The third kappa shape index (κ3) is 4.88. The van der Waals surface area contributed by atoms with Crippen LogP contribution in [0.3, 0.4) is 0 Å². The summed E-state index contributed by atoms with van der Waals surface area (Å²) >= 11 is 0. The summed E-state index contributed by atoms with van der Waals surface area (Å²) in [6, 6.07) is 3.06. The van der Waals surface area contributed by atoms with E-state index in [9.17, 15) is 22.8 Å². The van der Waals surface area contributed by atoms with Crippen molar-refractivity contribution in [2.45, 2.75) is 70.3 Å². The topological polar surface area (TPSA) is 106 Å². The van der Waals surface area contributed by atoms with Gasteiger partial charge in [-0.05, 0) is 75.0 Å². The summed E-state index contributed by atoms with van der Waals surface area (Å²) in [5, 5.41) is 14.1. The van der Waals surface area contributed by atoms with Crippen molar-refractivity contribution in [3.05, 3.63) is 47.7 Å². The molecule has 3 aromatic heterocycles. The number of aromatic nitrogens is 5. The fourth-order valence-electron chi connectivity index (χ4n) is 5.83. The first-order valence-electron chi connectivity index (χ1n) is 13.3. The monoisotopic (exact) mass is 529 g/mol. The Morgan fingerprint density at radius 3 is 2.55 bits per heavy atom. The first-order valence-corrected chi connectivity index (χ1v) is 13.3. The van der Waals surface area contributed by atoms with E-state index in [1.807, 2.05) is 12.2 Å². The van der Waals surface area contributed by atoms with E-state index in [-0.39, 0.29) is 30.7 Å². The van der Waals surface area contributed by atoms with Crippen LogP contribution in [0.1, 0.15) is 66.9 Å². The van der Waals surface area contributed by atoms with Crippen molar-refractivity contribution in [1.29, 1.82) is 0 Å². The Kier molecular flexibility index (Phi) is 6.14. The zero-order valence-corrected chi connectivity index (χ0v) is 21.0. The van der Waals surface area contributed by atoms with Crippen LogP contribution >= 0.6 is 0 Å². The molecule has 2 unspecified atom stereocenters. The molecule has 0 radical (unpaired) electrons. The maximum absolute atomic E-state index is 13.3. The van der Waals surface area contributed by atoms with Crippen LogP contribution < -0.4 is 10.6 Å². The van der Waals surface area contributed by atoms with E-state index in [0.29, 0.717) is 41.1 Å². The van der Waals surface area contributed by atoms with Crippen LogP contribution in [-0.4, -0.2) is 48.4 Å². The number of nitrogens with zero attached hydrogens (tertiary/aromatic N) is 5. The summed E-state index contributed by atoms with van der Waals surface area (Å²) in [5.74, 6) is -0.231. The molecule has 0 spiro atoms. The molecule has 1 aliphatic heterocycles. The van der Waals surface area contributed by atoms with Crippen molar-refractivity contribution in [2.75, 3.05) is 0 Å². The number of hydrogen-bond donors (Lipinski definition) is 2. The predicted molar refractivity (Wildman–Crippen MR) is 130 cm³/mol. The molecule has 3 atom stereocenters. The fraction of sp³-hybridized carbons (Fsp3) is 0.577. The molecule has 3 aromatic rings. The van der Waals surface area contributed by atoms with Crippen LogP contribution in [0.15, 0.2) is 30.6 Å². The SMILES string of the molecule is CCn1nccc1C(=O)NC(c1cn2nc(CC3C[C@@H](C(F)(F)F)NC3=O)ccc2n1)C(C1CC1)C1CC1. The summed E-state index contributed by atoms with van der Waals surface area (Å²) in [7, 11) is 0. The number of hydrogen-bond acceptors (Lipinski definition) is 5. The van der Waals surface area contributed by atoms with Crippen LogP contribution in [-0.2, 0) is 17.8 Å². The molecule has 2 aliphatic carbocycles. The van der Waals surface area contributed by atoms with Gasteiger partial charge in [-0.3, -0.25) is 14.3 Å². The Balaban J connectivity index is 1.26. The van der Waals surface area contributed by atoms with Crippen LogP contribution in [0.25, 0.3) is 5.65 Å². The van der Waals surface area contributed by atoms with Gasteiger partial charge in [0.2, 0.25) is 5.91 Å². The largest absolute Gasteiger partial charge is 0.408 e. The summed E-state index contributed by atoms with van der Waals surface area (Å²) in [4.78, 5) is 30.3. The molecule has 12 heteroatoms. The quantitative estimate of drug-likeness (QED) is 0.442. The standard InChI is InChI=1S/C26H30F3N7O2/c1-2-35-19(9-10-30-35)25(38)33-23(22(14-3-4-14)15-5-6-15)18-13-36-21(31-18)8-7-17(34-36)11-16-12-20(26(27,28)29)32-24(16)37/h7-10,13-16,20,22-23H,2-6,11-12H2,1H3,(H,32,37)(H,33,38)/t16?,20-,23?/m0/s1. The van der Waals surface area contributed by atoms with E-state index >= 15 is 0 Å². The zero-order chi connectivity index (χ0) is 26.6. The number of aryl methyl sites for hydroxylation is 1. The minimum atomic E-state index is -4.46. The number of alkyl halides is 3. The van der Waals surface area contributed by atoms with E-state index in [2.05, 4.69) is 15.5 Å². The van der Waals surface area contributed by atoms with Gasteiger partial charge in [0.25, 0.3) is 5.91 Å². The lowest BCUT2D eigenvalue weighted by atomic mass is 9.87. The first kappa shape index (κ1) is 24.9. The van der Waals surface area contributed by atoms with Gasteiger partial charge in [0.05, 0.1) is 23.6 Å². The van der Waals surface area contributed by atoms with Gasteiger partial charge in [0.15, 0.2) is 5.65 Å². The van der Waals surface area contributed by atoms with E-state index in [1.165, 1.54) is 0 Å². The number of carbonyl (C=O) groups is 2. The summed E-state index contributed by atoms with van der Waals surface area (Å²) < 4.78 is 42.5. The van der Waals surface area contributed by atoms with Gasteiger partial charge < -0.3 is 10.6 Å². The average molecular weight is 530 g/mol. The molecule has 1 saturated heterocycles. The summed E-state index contributed by atoms with van der Waals surface area (Å²) in [6.45, 7) is 2.52. The molecule has 202 valence electrons. The Morgan fingerprint density at radius 1 is 1.18 bits per heavy atom. The van der Waals surface area contributed by atoms with Crippen molar-refractivity contribution in [2.24, 2.45) is 23.7 Å². The van der Waals surface area contributed by atoms with Gasteiger partial charge in [0, 0.05) is 25.1 Å². The molecule has 3 aliphatic rings. The highest BCUT2D eigenvalue weighted by Crippen LogP contribution is 2.54. The maximum Gasteiger partial charge on any atom is 0.408 e. The van der Waals surface area contributed by atoms with Crippen LogP contribution in [0, 0.1) is 23.7 Å². The van der Waals surface area contributed by atoms with Gasteiger partial charge in [-0.2, -0.15) is 23.4 Å². The molecule has 0 aromatic carbocycles. The second-order valence-electron chi connectivity index (χ2n) is 10.8. The number of rotatable bonds is 9. The van der Waals surface area contributed by atoms with Crippen LogP contribution in [0.2, 0.25) is 0 Å². The molecule has 2 saturated carbocycles. The second kappa shape index (κ2) is 9.39. The normalized spacial score (nSPS) is 22.7. The molecule has 3 fully saturated rings. The number of imidazole rings is 1. The van der Waals surface area contributed by atoms with Crippen molar-refractivity contribution >= 4 is 17.5 Å². The molecule has 4 heterocycles. The molecule has 6 rings (SSSR count). The summed E-state index contributed by atoms with van der Waals surface area (Å²) in [6.07, 6.45) is 3.31. The maximum atomic E-state index is 13.3. The third-order valence-corrected chi connectivity index (χ3v) is 8.02. The molecule has 2 amide bonds. The van der Waals surface area contributed by atoms with Gasteiger partial charge in [-0.1, -0.05) is 0 Å². The Morgan fingerprint density at radius 2 is 1.92 bits per heavy atom. The lowest BCUT2D eigenvalue weighted by molar-refractivity contribution is -0.154. The van der Waals surface area contributed by atoms with Gasteiger partial charge >= 0.3 is 6.18 Å². The number of amides is 2. The van der Waals surface area contributed by atoms with E-state index < -0.39 is 24.0 Å². The summed E-state index contributed by atoms with van der Waals surface area (Å²) in [5.41, 5.74) is 2.30. The second-order valence-corrected chi connectivity index (χ2v) is 10.8. The van der Waals surface area contributed by atoms with Gasteiger partial charge in [-0.15, -0.1) is 0 Å². The van der Waals surface area contributed by atoms with E-state index in [1.54, 1.807) is 39.8 Å². The highest BCUT2D eigenvalue weighted by Gasteiger charge is 2.48. The third-order valence-electron chi connectivity index (χ3n) is 8.02. The Bertz CT molecular complexity index is 1350. The van der Waals surface area contributed by atoms with Crippen molar-refractivity contribution in [3.63, 3.8) is 0 Å². The highest BCUT2D eigenvalue weighted by atomic mass is 19.4. The minimum Gasteiger partial charge on any atom is -0.344 e. The minimum absolute atomic E-state index is 0.107. The number of nitrogens with one attached hydrogen (secondary N) is 2. The smallest absolute Gasteiger partial charge is 0.344 e. The Hall–Kier alpha value is -3.44. The van der Waals surface area contributed by atoms with E-state index in [4.69, 9.17) is 4.98 Å². The zero-order valence-electron chi connectivity index (χ0n) is 21.0. The fourth-order valence-corrected chi connectivity index (χ4v) is 5.83. The number of carbonyl (C=O) groups excluding carboxylic acids is 2. The number of fused-ring (bicyclic) bond motifs is 1. The molecule has 9 nitrogen and oxygen atoms in total. The van der Waals surface area contributed by atoms with Crippen LogP contribution in [0.5, 0.6) is 0 Å². The lowest BCUT2D eigenvalue weighted by Gasteiger charge is -2.27. The molecular formula is C26H30F3N7O2. The van der Waals surface area contributed by atoms with E-state index in [0.717, 1.165) is 25.7 Å². The predicted octanol–water partition coefficient (Wildman–Crippen LogP) is 3.46. The molecule has 2 N–H and O–H groups in total.